The van der Waals surface area contributed by atoms with Crippen molar-refractivity contribution in [1.29, 1.82) is 0 Å². The number of hydrogen-bond donors (Lipinski definition) is 0. The molecular weight excluding hydrogens is 436 g/mol. The fourth-order valence-electron chi connectivity index (χ4n) is 5.53. The molecular formula is C31H34O4. The summed E-state index contributed by atoms with van der Waals surface area (Å²) in [4.78, 5) is 12.5. The summed E-state index contributed by atoms with van der Waals surface area (Å²) >= 11 is 0. The summed E-state index contributed by atoms with van der Waals surface area (Å²) in [7, 11) is 0. The molecule has 0 amide bonds. The van der Waals surface area contributed by atoms with Gasteiger partial charge in [0.1, 0.15) is 5.78 Å². The van der Waals surface area contributed by atoms with Gasteiger partial charge >= 0.3 is 0 Å². The minimum Gasteiger partial charge on any atom is -0.377 e. The lowest BCUT2D eigenvalue weighted by Gasteiger charge is -2.47. The van der Waals surface area contributed by atoms with Crippen LogP contribution in [-0.2, 0) is 31.0 Å². The van der Waals surface area contributed by atoms with E-state index >= 15 is 0 Å². The second kappa shape index (κ2) is 10.9. The summed E-state index contributed by atoms with van der Waals surface area (Å²) in [6, 6.07) is 31.1. The smallest absolute Gasteiger partial charge is 0.178 e. The molecule has 1 aliphatic carbocycles. The van der Waals surface area contributed by atoms with Gasteiger partial charge in [-0.15, -0.1) is 0 Å². The molecule has 4 heteroatoms. The Hall–Kier alpha value is -2.79. The van der Waals surface area contributed by atoms with Gasteiger partial charge < -0.3 is 14.2 Å². The zero-order chi connectivity index (χ0) is 24.0. The molecule has 0 bridgehead atoms. The maximum absolute atomic E-state index is 12.5. The summed E-state index contributed by atoms with van der Waals surface area (Å²) in [5.74, 6) is -0.467. The van der Waals surface area contributed by atoms with E-state index in [0.717, 1.165) is 25.9 Å². The van der Waals surface area contributed by atoms with E-state index in [1.165, 1.54) is 16.7 Å². The van der Waals surface area contributed by atoms with E-state index in [1.807, 2.05) is 30.3 Å². The first-order valence-electron chi connectivity index (χ1n) is 12.7. The molecule has 0 aromatic heterocycles. The minimum absolute atomic E-state index is 0.0914. The lowest BCUT2D eigenvalue weighted by atomic mass is 9.74. The van der Waals surface area contributed by atoms with Crippen LogP contribution in [0.2, 0.25) is 0 Å². The molecule has 1 atom stereocenters. The van der Waals surface area contributed by atoms with Crippen molar-refractivity contribution in [2.24, 2.45) is 5.92 Å². The summed E-state index contributed by atoms with van der Waals surface area (Å²) in [5, 5.41) is 0. The average Bonchev–Trinajstić information content (AvgIpc) is 3.22. The lowest BCUT2D eigenvalue weighted by molar-refractivity contribution is -0.300. The normalized spacial score (nSPS) is 20.8. The van der Waals surface area contributed by atoms with Crippen molar-refractivity contribution in [1.82, 2.24) is 0 Å². The molecule has 1 heterocycles. The third kappa shape index (κ3) is 5.25. The van der Waals surface area contributed by atoms with Gasteiger partial charge in [0.2, 0.25) is 0 Å². The van der Waals surface area contributed by atoms with Crippen molar-refractivity contribution < 1.29 is 19.0 Å². The molecule has 35 heavy (non-hydrogen) atoms. The van der Waals surface area contributed by atoms with Crippen molar-refractivity contribution in [3.05, 3.63) is 108 Å². The maximum Gasteiger partial charge on any atom is 0.178 e. The average molecular weight is 471 g/mol. The van der Waals surface area contributed by atoms with E-state index in [1.54, 1.807) is 0 Å². The highest BCUT2D eigenvalue weighted by atomic mass is 16.7. The van der Waals surface area contributed by atoms with Crippen LogP contribution >= 0.6 is 0 Å². The fourth-order valence-corrected chi connectivity index (χ4v) is 5.53. The molecule has 0 unspecified atom stereocenters. The lowest BCUT2D eigenvalue weighted by Crippen LogP contribution is -2.54. The third-order valence-corrected chi connectivity index (χ3v) is 7.52. The predicted molar refractivity (Wildman–Crippen MR) is 136 cm³/mol. The number of rotatable bonds is 9. The largest absolute Gasteiger partial charge is 0.377 e. The first kappa shape index (κ1) is 23.9. The van der Waals surface area contributed by atoms with Gasteiger partial charge in [0, 0.05) is 18.9 Å². The van der Waals surface area contributed by atoms with Gasteiger partial charge in [0.05, 0.1) is 31.7 Å². The molecule has 1 spiro atoms. The van der Waals surface area contributed by atoms with Crippen LogP contribution in [0.5, 0.6) is 0 Å². The van der Waals surface area contributed by atoms with Gasteiger partial charge in [0.25, 0.3) is 0 Å². The Kier molecular flexibility index (Phi) is 7.43. The minimum atomic E-state index is -0.797. The number of ether oxygens (including phenoxy) is 3. The standard InChI is InChI=1S/C31H34O4/c32-29-20-28(18-10-11-19-33-22-25-12-4-1-5-13-25)31(21-29)34-23-30(24-35-31,26-14-6-2-7-15-26)27-16-8-3-9-17-27/h1-9,12-17,28H,10-11,18-24H2/t28-/m0/s1. The molecule has 1 aliphatic heterocycles. The molecule has 3 aromatic rings. The third-order valence-electron chi connectivity index (χ3n) is 7.52. The second-order valence-corrected chi connectivity index (χ2v) is 9.85. The molecule has 0 radical (unpaired) electrons. The zero-order valence-electron chi connectivity index (χ0n) is 20.2. The van der Waals surface area contributed by atoms with Crippen molar-refractivity contribution in [3.63, 3.8) is 0 Å². The molecule has 1 saturated carbocycles. The van der Waals surface area contributed by atoms with Crippen LogP contribution in [0, 0.1) is 5.92 Å². The van der Waals surface area contributed by atoms with Crippen LogP contribution in [0.1, 0.15) is 48.8 Å². The quantitative estimate of drug-likeness (QED) is 0.356. The summed E-state index contributed by atoms with van der Waals surface area (Å²) < 4.78 is 19.0. The van der Waals surface area contributed by atoms with Crippen LogP contribution in [-0.4, -0.2) is 31.4 Å². The molecule has 2 aliphatic rings. The van der Waals surface area contributed by atoms with Crippen molar-refractivity contribution in [3.8, 4) is 0 Å². The Bertz CT molecular complexity index is 1030. The van der Waals surface area contributed by atoms with Crippen LogP contribution in [0.15, 0.2) is 91.0 Å². The fraction of sp³-hybridized carbons (Fsp3) is 0.387. The predicted octanol–water partition coefficient (Wildman–Crippen LogP) is 6.08. The topological polar surface area (TPSA) is 44.8 Å². The highest BCUT2D eigenvalue weighted by Gasteiger charge is 2.54. The van der Waals surface area contributed by atoms with E-state index in [0.29, 0.717) is 32.7 Å². The Morgan fingerprint density at radius 2 is 1.34 bits per heavy atom. The number of hydrogen-bond acceptors (Lipinski definition) is 4. The first-order valence-corrected chi connectivity index (χ1v) is 12.7. The number of carbonyl (C=O) groups is 1. The Labute approximate surface area is 208 Å². The number of benzene rings is 3. The summed E-state index contributed by atoms with van der Waals surface area (Å²) in [5.41, 5.74) is 3.17. The SMILES string of the molecule is O=C1C[C@H](CCCCOCc2ccccc2)C2(C1)OCC(c1ccccc1)(c1ccccc1)CO2. The van der Waals surface area contributed by atoms with Crippen molar-refractivity contribution in [2.75, 3.05) is 19.8 Å². The van der Waals surface area contributed by atoms with Gasteiger partial charge in [-0.2, -0.15) is 0 Å². The van der Waals surface area contributed by atoms with Crippen LogP contribution in [0.3, 0.4) is 0 Å². The molecule has 0 N–H and O–H groups in total. The maximum atomic E-state index is 12.5. The summed E-state index contributed by atoms with van der Waals surface area (Å²) in [6.45, 7) is 2.37. The van der Waals surface area contributed by atoms with E-state index in [2.05, 4.69) is 60.7 Å². The Balaban J connectivity index is 1.21. The highest BCUT2D eigenvalue weighted by Crippen LogP contribution is 2.47. The number of unbranched alkanes of at least 4 members (excludes halogenated alkanes) is 1. The molecule has 5 rings (SSSR count). The van der Waals surface area contributed by atoms with Crippen LogP contribution in [0.4, 0.5) is 0 Å². The van der Waals surface area contributed by atoms with Gasteiger partial charge in [-0.1, -0.05) is 97.4 Å². The number of ketones is 1. The van der Waals surface area contributed by atoms with Crippen molar-refractivity contribution >= 4 is 5.78 Å². The summed E-state index contributed by atoms with van der Waals surface area (Å²) in [6.07, 6.45) is 3.75. The van der Waals surface area contributed by atoms with Gasteiger partial charge in [-0.05, 0) is 29.5 Å². The highest BCUT2D eigenvalue weighted by molar-refractivity contribution is 5.82. The Morgan fingerprint density at radius 3 is 1.94 bits per heavy atom. The number of Topliss-reactive ketones (excluding diaryl/α,β-unsaturated/α-hetero) is 1. The monoisotopic (exact) mass is 470 g/mol. The van der Waals surface area contributed by atoms with Crippen LogP contribution < -0.4 is 0 Å². The second-order valence-electron chi connectivity index (χ2n) is 9.85. The Morgan fingerprint density at radius 1 is 0.771 bits per heavy atom. The van der Waals surface area contributed by atoms with E-state index in [-0.39, 0.29) is 17.1 Å². The molecule has 1 saturated heterocycles. The van der Waals surface area contributed by atoms with E-state index < -0.39 is 5.79 Å². The number of carbonyl (C=O) groups excluding carboxylic acids is 1. The van der Waals surface area contributed by atoms with Crippen LogP contribution in [0.25, 0.3) is 0 Å². The zero-order valence-corrected chi connectivity index (χ0v) is 20.2. The molecule has 4 nitrogen and oxygen atoms in total. The first-order chi connectivity index (χ1) is 17.2. The molecule has 2 fully saturated rings. The van der Waals surface area contributed by atoms with Crippen molar-refractivity contribution in [2.45, 2.75) is 49.9 Å². The van der Waals surface area contributed by atoms with Gasteiger partial charge in [-0.3, -0.25) is 4.79 Å². The van der Waals surface area contributed by atoms with Gasteiger partial charge in [-0.25, -0.2) is 0 Å². The van der Waals surface area contributed by atoms with Gasteiger partial charge in [0.15, 0.2) is 5.79 Å². The van der Waals surface area contributed by atoms with E-state index in [9.17, 15) is 4.79 Å². The van der Waals surface area contributed by atoms with E-state index in [4.69, 9.17) is 14.2 Å². The molecule has 182 valence electrons. The molecule has 3 aromatic carbocycles.